The first-order chi connectivity index (χ1) is 16.5. The minimum Gasteiger partial charge on any atom is -0.322 e. The Bertz CT molecular complexity index is 1100. The Morgan fingerprint density at radius 2 is 1.91 bits per heavy atom. The lowest BCUT2D eigenvalue weighted by molar-refractivity contribution is -0.117. The van der Waals surface area contributed by atoms with Crippen LogP contribution in [-0.4, -0.2) is 36.3 Å². The second-order valence-corrected chi connectivity index (χ2v) is 12.9. The van der Waals surface area contributed by atoms with Crippen LogP contribution in [0.1, 0.15) is 78.9 Å². The van der Waals surface area contributed by atoms with Crippen LogP contribution in [0.2, 0.25) is 0 Å². The van der Waals surface area contributed by atoms with Gasteiger partial charge in [0.15, 0.2) is 0 Å². The van der Waals surface area contributed by atoms with Crippen LogP contribution in [0.25, 0.3) is 0 Å². The monoisotopic (exact) mass is 495 g/mol. The minimum absolute atomic E-state index is 0.0226. The number of benzene rings is 1. The van der Waals surface area contributed by atoms with E-state index >= 15 is 0 Å². The molecule has 2 amide bonds. The molecule has 2 N–H and O–H groups in total. The van der Waals surface area contributed by atoms with E-state index in [-0.39, 0.29) is 17.2 Å². The number of piperidine rings is 1. The molecule has 1 aliphatic carbocycles. The van der Waals surface area contributed by atoms with Gasteiger partial charge in [-0.2, -0.15) is 0 Å². The molecule has 1 aromatic carbocycles. The summed E-state index contributed by atoms with van der Waals surface area (Å²) in [4.78, 5) is 30.2. The zero-order chi connectivity index (χ0) is 25.3. The zero-order valence-electron chi connectivity index (χ0n) is 22.2. The first kappa shape index (κ1) is 25.9. The van der Waals surface area contributed by atoms with Crippen LogP contribution >= 0.6 is 11.3 Å². The molecule has 0 saturated carbocycles. The number of hydrogen-bond donors (Lipinski definition) is 2. The van der Waals surface area contributed by atoms with Gasteiger partial charge in [0.05, 0.1) is 12.1 Å². The van der Waals surface area contributed by atoms with Gasteiger partial charge < -0.3 is 10.6 Å². The fourth-order valence-corrected chi connectivity index (χ4v) is 6.93. The molecule has 1 aromatic heterocycles. The number of thiophene rings is 1. The van der Waals surface area contributed by atoms with Crippen molar-refractivity contribution in [3.05, 3.63) is 45.3 Å². The summed E-state index contributed by atoms with van der Waals surface area (Å²) in [5.41, 5.74) is 5.04. The van der Waals surface area contributed by atoms with Gasteiger partial charge in [-0.15, -0.1) is 11.3 Å². The molecule has 5 nitrogen and oxygen atoms in total. The molecule has 0 spiro atoms. The summed E-state index contributed by atoms with van der Waals surface area (Å²) < 4.78 is 0. The van der Waals surface area contributed by atoms with E-state index in [1.807, 2.05) is 19.1 Å². The molecule has 0 bridgehead atoms. The molecule has 2 heterocycles. The van der Waals surface area contributed by atoms with Gasteiger partial charge in [0.1, 0.15) is 5.00 Å². The van der Waals surface area contributed by atoms with Crippen LogP contribution in [-0.2, 0) is 17.6 Å². The van der Waals surface area contributed by atoms with E-state index < -0.39 is 0 Å². The molecular weight excluding hydrogens is 454 g/mol. The van der Waals surface area contributed by atoms with Gasteiger partial charge in [0.2, 0.25) is 5.91 Å². The predicted molar refractivity (Wildman–Crippen MR) is 147 cm³/mol. The SMILES string of the molecule is Cc1ccc(NC(=O)c2c(NC(=O)CN3CCC[C@@H](C)C3)sc3c2CC[C@@H](C(C)(C)C)C3)c(C)c1. The number of nitrogens with one attached hydrogen (secondary N) is 2. The summed E-state index contributed by atoms with van der Waals surface area (Å²) in [5, 5.41) is 7.00. The predicted octanol–water partition coefficient (Wildman–Crippen LogP) is 6.44. The van der Waals surface area contributed by atoms with Crippen molar-refractivity contribution in [2.24, 2.45) is 17.3 Å². The van der Waals surface area contributed by atoms with Gasteiger partial charge in [0.25, 0.3) is 5.91 Å². The zero-order valence-corrected chi connectivity index (χ0v) is 23.0. The van der Waals surface area contributed by atoms with Gasteiger partial charge in [-0.05, 0) is 86.9 Å². The number of carbonyl (C=O) groups is 2. The third kappa shape index (κ3) is 6.15. The van der Waals surface area contributed by atoms with E-state index in [1.165, 1.54) is 16.9 Å². The van der Waals surface area contributed by atoms with Crippen LogP contribution in [0.15, 0.2) is 18.2 Å². The molecule has 2 aliphatic rings. The highest BCUT2D eigenvalue weighted by molar-refractivity contribution is 7.17. The number of nitrogens with zero attached hydrogens (tertiary/aromatic N) is 1. The van der Waals surface area contributed by atoms with Crippen molar-refractivity contribution in [3.63, 3.8) is 0 Å². The lowest BCUT2D eigenvalue weighted by Gasteiger charge is -2.33. The van der Waals surface area contributed by atoms with Gasteiger partial charge in [-0.25, -0.2) is 0 Å². The largest absolute Gasteiger partial charge is 0.322 e. The van der Waals surface area contributed by atoms with E-state index in [9.17, 15) is 9.59 Å². The number of likely N-dealkylation sites (tertiary alicyclic amines) is 1. The Kier molecular flexibility index (Phi) is 7.72. The van der Waals surface area contributed by atoms with Gasteiger partial charge in [-0.1, -0.05) is 45.4 Å². The van der Waals surface area contributed by atoms with Crippen LogP contribution in [0, 0.1) is 31.1 Å². The lowest BCUT2D eigenvalue weighted by Crippen LogP contribution is -2.39. The van der Waals surface area contributed by atoms with Crippen molar-refractivity contribution < 1.29 is 9.59 Å². The molecule has 0 unspecified atom stereocenters. The maximum atomic E-state index is 13.6. The first-order valence-corrected chi connectivity index (χ1v) is 13.9. The maximum absolute atomic E-state index is 13.6. The maximum Gasteiger partial charge on any atom is 0.258 e. The molecule has 190 valence electrons. The molecule has 2 atom stereocenters. The Hall–Kier alpha value is -2.18. The Balaban J connectivity index is 1.60. The third-order valence-corrected chi connectivity index (χ3v) is 8.88. The normalized spacial score (nSPS) is 20.9. The molecule has 1 aliphatic heterocycles. The standard InChI is InChI=1S/C29H41N3O2S/c1-18-9-12-23(20(3)14-18)30-27(34)26-22-11-10-21(29(4,5)6)15-24(22)35-28(26)31-25(33)17-32-13-7-8-19(2)16-32/h9,12,14,19,21H,7-8,10-11,13,15-17H2,1-6H3,(H,30,34)(H,31,33)/t19-,21-/m1/s1. The molecule has 35 heavy (non-hydrogen) atoms. The number of amides is 2. The number of aryl methyl sites for hydroxylation is 2. The Morgan fingerprint density at radius 1 is 1.14 bits per heavy atom. The summed E-state index contributed by atoms with van der Waals surface area (Å²) in [6.07, 6.45) is 5.28. The van der Waals surface area contributed by atoms with Gasteiger partial charge in [0, 0.05) is 17.1 Å². The van der Waals surface area contributed by atoms with Crippen LogP contribution in [0.3, 0.4) is 0 Å². The van der Waals surface area contributed by atoms with E-state index in [4.69, 9.17) is 0 Å². The number of rotatable bonds is 5. The Labute approximate surface area is 214 Å². The topological polar surface area (TPSA) is 61.4 Å². The van der Waals surface area contributed by atoms with Gasteiger partial charge >= 0.3 is 0 Å². The summed E-state index contributed by atoms with van der Waals surface area (Å²) >= 11 is 1.61. The highest BCUT2D eigenvalue weighted by atomic mass is 32.1. The van der Waals surface area contributed by atoms with Crippen molar-refractivity contribution in [1.82, 2.24) is 4.90 Å². The minimum atomic E-state index is -0.120. The number of carbonyl (C=O) groups excluding carboxylic acids is 2. The molecule has 4 rings (SSSR count). The molecule has 0 radical (unpaired) electrons. The van der Waals surface area contributed by atoms with Crippen molar-refractivity contribution in [2.45, 2.75) is 73.6 Å². The molecular formula is C29H41N3O2S. The van der Waals surface area contributed by atoms with E-state index in [2.05, 4.69) is 56.2 Å². The Morgan fingerprint density at radius 3 is 2.60 bits per heavy atom. The highest BCUT2D eigenvalue weighted by Crippen LogP contribution is 2.44. The molecule has 2 aromatic rings. The number of fused-ring (bicyclic) bond motifs is 1. The van der Waals surface area contributed by atoms with Crippen molar-refractivity contribution in [2.75, 3.05) is 30.3 Å². The van der Waals surface area contributed by atoms with Crippen LogP contribution in [0.4, 0.5) is 10.7 Å². The summed E-state index contributed by atoms with van der Waals surface area (Å²) in [6.45, 7) is 15.5. The number of anilines is 2. The quantitative estimate of drug-likeness (QED) is 0.502. The average molecular weight is 496 g/mol. The van der Waals surface area contributed by atoms with Crippen molar-refractivity contribution >= 4 is 33.8 Å². The fourth-order valence-electron chi connectivity index (χ4n) is 5.59. The smallest absolute Gasteiger partial charge is 0.258 e. The second-order valence-electron chi connectivity index (χ2n) is 11.8. The fraction of sp³-hybridized carbons (Fsp3) is 0.586. The second kappa shape index (κ2) is 10.4. The highest BCUT2D eigenvalue weighted by Gasteiger charge is 2.34. The summed E-state index contributed by atoms with van der Waals surface area (Å²) in [5.74, 6) is 1.05. The average Bonchev–Trinajstić information content (AvgIpc) is 3.12. The van der Waals surface area contributed by atoms with E-state index in [0.29, 0.717) is 28.9 Å². The van der Waals surface area contributed by atoms with Crippen molar-refractivity contribution in [1.29, 1.82) is 0 Å². The van der Waals surface area contributed by atoms with Crippen LogP contribution < -0.4 is 10.6 Å². The summed E-state index contributed by atoms with van der Waals surface area (Å²) in [6, 6.07) is 6.06. The summed E-state index contributed by atoms with van der Waals surface area (Å²) in [7, 11) is 0. The lowest BCUT2D eigenvalue weighted by atomic mass is 9.72. The van der Waals surface area contributed by atoms with Gasteiger partial charge in [-0.3, -0.25) is 14.5 Å². The number of hydrogen-bond acceptors (Lipinski definition) is 4. The first-order valence-electron chi connectivity index (χ1n) is 13.1. The van der Waals surface area contributed by atoms with E-state index in [0.717, 1.165) is 55.6 Å². The molecule has 1 fully saturated rings. The van der Waals surface area contributed by atoms with Crippen LogP contribution in [0.5, 0.6) is 0 Å². The third-order valence-electron chi connectivity index (χ3n) is 7.71. The molecule has 6 heteroatoms. The molecule has 1 saturated heterocycles. The van der Waals surface area contributed by atoms with E-state index in [1.54, 1.807) is 11.3 Å². The van der Waals surface area contributed by atoms with Crippen molar-refractivity contribution in [3.8, 4) is 0 Å².